The van der Waals surface area contributed by atoms with Crippen LogP contribution in [0.5, 0.6) is 5.88 Å². The van der Waals surface area contributed by atoms with Crippen LogP contribution in [0.1, 0.15) is 43.4 Å². The first-order chi connectivity index (χ1) is 16.5. The molecule has 5 rings (SSSR count). The van der Waals surface area contributed by atoms with Crippen molar-refractivity contribution in [2.75, 3.05) is 6.61 Å². The number of pyridine rings is 1. The lowest BCUT2D eigenvalue weighted by Crippen LogP contribution is -2.49. The van der Waals surface area contributed by atoms with Crippen molar-refractivity contribution < 1.29 is 9.53 Å². The highest BCUT2D eigenvalue weighted by molar-refractivity contribution is 8.04. The fraction of sp³-hybridized carbons (Fsp3) is 0.308. The Bertz CT molecular complexity index is 1210. The number of ether oxygens (including phenoxy) is 1. The summed E-state index contributed by atoms with van der Waals surface area (Å²) < 4.78 is 6.06. The number of hydrogen-bond acceptors (Lipinski definition) is 5. The maximum atomic E-state index is 13.3. The summed E-state index contributed by atoms with van der Waals surface area (Å²) in [4.78, 5) is 19.3. The fourth-order valence-corrected chi connectivity index (χ4v) is 6.49. The molecule has 175 valence electrons. The maximum Gasteiger partial charge on any atom is 0.259 e. The third-order valence-corrected chi connectivity index (χ3v) is 8.72. The number of benzene rings is 1. The summed E-state index contributed by atoms with van der Waals surface area (Å²) in [5, 5.41) is 8.38. The highest BCUT2D eigenvalue weighted by Crippen LogP contribution is 2.41. The largest absolute Gasteiger partial charge is 0.477 e. The van der Waals surface area contributed by atoms with E-state index in [1.54, 1.807) is 29.5 Å². The van der Waals surface area contributed by atoms with E-state index in [1.165, 1.54) is 37.4 Å². The van der Waals surface area contributed by atoms with Crippen molar-refractivity contribution in [1.29, 1.82) is 0 Å². The number of thiophene rings is 1. The van der Waals surface area contributed by atoms with Gasteiger partial charge >= 0.3 is 0 Å². The number of carbonyl (C=O) groups is 1. The lowest BCUT2D eigenvalue weighted by atomic mass is 9.82. The molecule has 1 amide bonds. The molecule has 2 aromatic heterocycles. The van der Waals surface area contributed by atoms with Crippen LogP contribution in [0.3, 0.4) is 0 Å². The fourth-order valence-electron chi connectivity index (χ4n) is 4.43. The number of aromatic nitrogens is 1. The second-order valence-electron chi connectivity index (χ2n) is 8.55. The monoisotopic (exact) mass is 529 g/mol. The average Bonchev–Trinajstić information content (AvgIpc) is 3.56. The van der Waals surface area contributed by atoms with E-state index in [9.17, 15) is 4.79 Å². The highest BCUT2D eigenvalue weighted by Gasteiger charge is 2.41. The number of thioether (sulfide) groups is 1. The molecular formula is C26H23Cl2N2O2S2. The summed E-state index contributed by atoms with van der Waals surface area (Å²) in [7, 11) is 0. The molecule has 3 aromatic rings. The SMILES string of the molecule is O=C1NC(c2ccsc2)(c2cccc(OCC3CCCC3)n2)C[C]=C1Sc1cc(Cl)ccc1Cl. The Labute approximate surface area is 217 Å². The molecule has 1 radical (unpaired) electrons. The van der Waals surface area contributed by atoms with Gasteiger partial charge in [-0.05, 0) is 71.5 Å². The smallest absolute Gasteiger partial charge is 0.259 e. The topological polar surface area (TPSA) is 51.2 Å². The molecule has 3 heterocycles. The van der Waals surface area contributed by atoms with Crippen LogP contribution in [0, 0.1) is 12.0 Å². The Kier molecular flexibility index (Phi) is 7.21. The Morgan fingerprint density at radius 2 is 2.06 bits per heavy atom. The Hall–Kier alpha value is -1.99. The zero-order chi connectivity index (χ0) is 23.5. The van der Waals surface area contributed by atoms with Crippen molar-refractivity contribution in [1.82, 2.24) is 10.3 Å². The van der Waals surface area contributed by atoms with Crippen LogP contribution in [0.15, 0.2) is 63.0 Å². The number of nitrogens with zero attached hydrogens (tertiary/aromatic N) is 1. The minimum Gasteiger partial charge on any atom is -0.477 e. The minimum absolute atomic E-state index is 0.224. The van der Waals surface area contributed by atoms with E-state index in [4.69, 9.17) is 32.9 Å². The number of nitrogens with one attached hydrogen (secondary N) is 1. The molecular weight excluding hydrogens is 507 g/mol. The molecule has 4 nitrogen and oxygen atoms in total. The van der Waals surface area contributed by atoms with Gasteiger partial charge in [-0.25, -0.2) is 4.98 Å². The van der Waals surface area contributed by atoms with Gasteiger partial charge in [-0.2, -0.15) is 11.3 Å². The number of rotatable bonds is 7. The van der Waals surface area contributed by atoms with Gasteiger partial charge in [-0.3, -0.25) is 4.79 Å². The van der Waals surface area contributed by atoms with Crippen LogP contribution in [-0.2, 0) is 10.3 Å². The van der Waals surface area contributed by atoms with Crippen molar-refractivity contribution in [3.8, 4) is 5.88 Å². The van der Waals surface area contributed by atoms with Crippen LogP contribution in [0.4, 0.5) is 0 Å². The molecule has 1 fully saturated rings. The second kappa shape index (κ2) is 10.3. The molecule has 1 atom stereocenters. The van der Waals surface area contributed by atoms with Crippen molar-refractivity contribution >= 4 is 52.2 Å². The molecule has 1 aliphatic carbocycles. The molecule has 2 aliphatic rings. The normalized spacial score (nSPS) is 20.8. The van der Waals surface area contributed by atoms with Gasteiger partial charge < -0.3 is 10.1 Å². The van der Waals surface area contributed by atoms with Crippen molar-refractivity contribution in [3.05, 3.63) is 85.5 Å². The van der Waals surface area contributed by atoms with Gasteiger partial charge in [-0.1, -0.05) is 53.9 Å². The molecule has 34 heavy (non-hydrogen) atoms. The lowest BCUT2D eigenvalue weighted by Gasteiger charge is -2.36. The summed E-state index contributed by atoms with van der Waals surface area (Å²) in [5.74, 6) is 0.959. The predicted molar refractivity (Wildman–Crippen MR) is 139 cm³/mol. The van der Waals surface area contributed by atoms with Crippen LogP contribution in [-0.4, -0.2) is 17.5 Å². The summed E-state index contributed by atoms with van der Waals surface area (Å²) in [6, 6.07) is 13.0. The first-order valence-corrected chi connectivity index (χ1v) is 13.7. The molecule has 0 saturated heterocycles. The maximum absolute atomic E-state index is 13.3. The van der Waals surface area contributed by atoms with E-state index in [0.717, 1.165) is 16.2 Å². The van der Waals surface area contributed by atoms with Gasteiger partial charge in [0.2, 0.25) is 5.88 Å². The molecule has 1 aromatic carbocycles. The second-order valence-corrected chi connectivity index (χ2v) is 11.2. The zero-order valence-corrected chi connectivity index (χ0v) is 21.5. The van der Waals surface area contributed by atoms with Crippen molar-refractivity contribution in [3.63, 3.8) is 0 Å². The van der Waals surface area contributed by atoms with Crippen LogP contribution in [0.2, 0.25) is 10.0 Å². The first kappa shape index (κ1) is 23.7. The quantitative estimate of drug-likeness (QED) is 0.349. The lowest BCUT2D eigenvalue weighted by molar-refractivity contribution is -0.119. The first-order valence-electron chi connectivity index (χ1n) is 11.2. The average molecular weight is 531 g/mol. The van der Waals surface area contributed by atoms with Gasteiger partial charge in [0.15, 0.2) is 0 Å². The van der Waals surface area contributed by atoms with E-state index >= 15 is 0 Å². The third kappa shape index (κ3) is 5.01. The van der Waals surface area contributed by atoms with Crippen molar-refractivity contribution in [2.45, 2.75) is 42.5 Å². The summed E-state index contributed by atoms with van der Waals surface area (Å²) in [5.41, 5.74) is 0.899. The number of amides is 1. The standard InChI is InChI=1S/C26H23Cl2N2O2S2/c27-19-8-9-20(28)22(14-19)34-21-10-12-26(30-25(21)31,18-11-13-33-16-18)23-6-3-7-24(29-23)32-15-17-4-1-2-5-17/h3,6-9,11,13-14,16-17H,1-2,4-5,12,15H2,(H,30,31). The van der Waals surface area contributed by atoms with E-state index in [0.29, 0.717) is 39.8 Å². The molecule has 0 spiro atoms. The molecule has 8 heteroatoms. The number of carbonyl (C=O) groups excluding carboxylic acids is 1. The van der Waals surface area contributed by atoms with Crippen LogP contribution in [0.25, 0.3) is 0 Å². The zero-order valence-electron chi connectivity index (χ0n) is 18.4. The molecule has 1 N–H and O–H groups in total. The van der Waals surface area contributed by atoms with Gasteiger partial charge in [0.25, 0.3) is 5.91 Å². The minimum atomic E-state index is -0.813. The van der Waals surface area contributed by atoms with Crippen LogP contribution < -0.4 is 10.1 Å². The Balaban J connectivity index is 1.43. The van der Waals surface area contributed by atoms with E-state index < -0.39 is 5.54 Å². The van der Waals surface area contributed by atoms with E-state index in [-0.39, 0.29) is 5.91 Å². The van der Waals surface area contributed by atoms with E-state index in [2.05, 4.69) is 11.4 Å². The third-order valence-electron chi connectivity index (χ3n) is 6.27. The molecule has 0 bridgehead atoms. The molecule has 1 unspecified atom stereocenters. The predicted octanol–water partition coefficient (Wildman–Crippen LogP) is 7.26. The van der Waals surface area contributed by atoms with Gasteiger partial charge in [0.05, 0.1) is 22.2 Å². The Morgan fingerprint density at radius 1 is 1.21 bits per heavy atom. The molecule has 1 saturated carbocycles. The van der Waals surface area contributed by atoms with E-state index in [1.807, 2.05) is 35.0 Å². The summed E-state index contributed by atoms with van der Waals surface area (Å²) in [6.45, 7) is 0.682. The molecule has 1 aliphatic heterocycles. The van der Waals surface area contributed by atoms with Gasteiger partial charge in [0, 0.05) is 22.4 Å². The summed E-state index contributed by atoms with van der Waals surface area (Å²) in [6.07, 6.45) is 8.75. The van der Waals surface area contributed by atoms with Gasteiger partial charge in [-0.15, -0.1) is 0 Å². The number of hydrogen-bond donors (Lipinski definition) is 1. The number of halogens is 2. The van der Waals surface area contributed by atoms with Crippen molar-refractivity contribution in [2.24, 2.45) is 5.92 Å². The highest BCUT2D eigenvalue weighted by atomic mass is 35.5. The summed E-state index contributed by atoms with van der Waals surface area (Å²) >= 11 is 15.3. The van der Waals surface area contributed by atoms with Crippen LogP contribution >= 0.6 is 46.3 Å². The Morgan fingerprint density at radius 3 is 2.82 bits per heavy atom. The van der Waals surface area contributed by atoms with Gasteiger partial charge in [0.1, 0.15) is 5.54 Å².